The summed E-state index contributed by atoms with van der Waals surface area (Å²) >= 11 is 0. The molecule has 0 bridgehead atoms. The van der Waals surface area contributed by atoms with E-state index in [4.69, 9.17) is 4.74 Å². The number of sulfone groups is 1. The molecule has 32 heavy (non-hydrogen) atoms. The average molecular weight is 461 g/mol. The van der Waals surface area contributed by atoms with Gasteiger partial charge in [0.1, 0.15) is 5.75 Å². The molecule has 2 aromatic carbocycles. The summed E-state index contributed by atoms with van der Waals surface area (Å²) in [6, 6.07) is 15.5. The molecule has 0 spiro atoms. The molecule has 0 aliphatic heterocycles. The number of carboxylic acids is 1. The second kappa shape index (κ2) is 10.0. The van der Waals surface area contributed by atoms with Gasteiger partial charge in [0, 0.05) is 18.5 Å². The van der Waals surface area contributed by atoms with Gasteiger partial charge < -0.3 is 14.7 Å². The molecule has 0 heterocycles. The summed E-state index contributed by atoms with van der Waals surface area (Å²) in [5.41, 5.74) is 0.824. The van der Waals surface area contributed by atoms with E-state index in [1.54, 1.807) is 12.1 Å². The van der Waals surface area contributed by atoms with Crippen LogP contribution in [0.15, 0.2) is 59.5 Å². The Labute approximate surface area is 190 Å². The van der Waals surface area contributed by atoms with Gasteiger partial charge in [0.2, 0.25) is 14.7 Å². The Balaban J connectivity index is 2.04. The van der Waals surface area contributed by atoms with E-state index in [0.29, 0.717) is 24.6 Å². The van der Waals surface area contributed by atoms with Gasteiger partial charge in [-0.05, 0) is 69.6 Å². The highest BCUT2D eigenvalue weighted by Gasteiger charge is 2.57. The van der Waals surface area contributed by atoms with Crippen molar-refractivity contribution < 1.29 is 23.1 Å². The summed E-state index contributed by atoms with van der Waals surface area (Å²) in [6.45, 7) is 0.135. The number of carboxylic acid groups (broad SMARTS) is 1. The maximum Gasteiger partial charge on any atom is 0.340 e. The van der Waals surface area contributed by atoms with Gasteiger partial charge >= 0.3 is 5.97 Å². The van der Waals surface area contributed by atoms with Crippen molar-refractivity contribution in [3.8, 4) is 5.75 Å². The predicted molar refractivity (Wildman–Crippen MR) is 123 cm³/mol. The predicted octanol–water partition coefficient (Wildman–Crippen LogP) is 3.16. The van der Waals surface area contributed by atoms with E-state index in [1.165, 1.54) is 19.2 Å². The highest BCUT2D eigenvalue weighted by atomic mass is 32.2. The van der Waals surface area contributed by atoms with Crippen molar-refractivity contribution in [3.63, 3.8) is 0 Å². The lowest BCUT2D eigenvalue weighted by molar-refractivity contribution is -0.143. The van der Waals surface area contributed by atoms with Crippen LogP contribution in [0.1, 0.15) is 31.2 Å². The van der Waals surface area contributed by atoms with Crippen LogP contribution in [0.4, 0.5) is 0 Å². The van der Waals surface area contributed by atoms with Crippen LogP contribution >= 0.6 is 0 Å². The zero-order chi connectivity index (χ0) is 23.4. The molecule has 1 aliphatic carbocycles. The Kier molecular flexibility index (Phi) is 7.59. The molecule has 8 heteroatoms. The van der Waals surface area contributed by atoms with Crippen LogP contribution in [-0.4, -0.2) is 56.5 Å². The normalized spacial score (nSPS) is 21.1. The summed E-state index contributed by atoms with van der Waals surface area (Å²) in [7, 11) is 1.22. The maximum absolute atomic E-state index is 13.9. The van der Waals surface area contributed by atoms with Crippen molar-refractivity contribution in [3.05, 3.63) is 60.2 Å². The molecule has 0 radical (unpaired) electrons. The van der Waals surface area contributed by atoms with Gasteiger partial charge in [0.25, 0.3) is 0 Å². The van der Waals surface area contributed by atoms with Gasteiger partial charge in [0.05, 0.1) is 12.0 Å². The Morgan fingerprint density at radius 3 is 2.16 bits per heavy atom. The SMILES string of the molecule is COc1ccc(S(=O)(=O)[C@@](NCc2ccccc2)(C(=O)O)C2CCC(N(C)C)CC2)cc1. The van der Waals surface area contributed by atoms with Crippen LogP contribution in [-0.2, 0) is 21.2 Å². The molecule has 1 aliphatic rings. The average Bonchev–Trinajstić information content (AvgIpc) is 2.80. The van der Waals surface area contributed by atoms with Gasteiger partial charge in [-0.2, -0.15) is 0 Å². The van der Waals surface area contributed by atoms with Crippen LogP contribution in [0, 0.1) is 5.92 Å². The fourth-order valence-corrected chi connectivity index (χ4v) is 6.63. The first-order valence-electron chi connectivity index (χ1n) is 10.8. The number of hydrogen-bond donors (Lipinski definition) is 2. The standard InChI is InChI=1S/C24H32N2O5S/c1-26(2)20-11-9-19(10-12-20)24(23(27)28,25-17-18-7-5-4-6-8-18)32(29,30)22-15-13-21(31-3)14-16-22/h4-8,13-16,19-20,25H,9-12,17H2,1-3H3,(H,27,28)/t19?,20?,24-/m1/s1. The summed E-state index contributed by atoms with van der Waals surface area (Å²) in [4.78, 5) is 12.8. The highest BCUT2D eigenvalue weighted by Crippen LogP contribution is 2.41. The molecule has 0 saturated heterocycles. The summed E-state index contributed by atoms with van der Waals surface area (Å²) in [6.07, 6.45) is 2.51. The molecule has 1 fully saturated rings. The number of rotatable bonds is 9. The van der Waals surface area contributed by atoms with E-state index in [2.05, 4.69) is 10.2 Å². The number of nitrogens with one attached hydrogen (secondary N) is 1. The lowest BCUT2D eigenvalue weighted by Crippen LogP contribution is -2.63. The number of carbonyl (C=O) groups is 1. The van der Waals surface area contributed by atoms with Crippen molar-refractivity contribution in [2.75, 3.05) is 21.2 Å². The van der Waals surface area contributed by atoms with E-state index in [9.17, 15) is 18.3 Å². The molecule has 1 atom stereocenters. The lowest BCUT2D eigenvalue weighted by atomic mass is 9.80. The van der Waals surface area contributed by atoms with Gasteiger partial charge in [0.15, 0.2) is 0 Å². The minimum Gasteiger partial charge on any atom is -0.497 e. The Bertz CT molecular complexity index is 1000. The summed E-state index contributed by atoms with van der Waals surface area (Å²) in [5.74, 6) is -1.42. The number of methoxy groups -OCH3 is 1. The fraction of sp³-hybridized carbons (Fsp3) is 0.458. The van der Waals surface area contributed by atoms with Crippen LogP contribution in [0.25, 0.3) is 0 Å². The number of hydrogen-bond acceptors (Lipinski definition) is 6. The van der Waals surface area contributed by atoms with E-state index >= 15 is 0 Å². The van der Waals surface area contributed by atoms with Crippen LogP contribution < -0.4 is 10.1 Å². The minimum absolute atomic E-state index is 0.0315. The van der Waals surface area contributed by atoms with E-state index in [-0.39, 0.29) is 11.4 Å². The third-order valence-electron chi connectivity index (χ3n) is 6.51. The Morgan fingerprint density at radius 2 is 1.66 bits per heavy atom. The molecular formula is C24H32N2O5S. The molecule has 1 saturated carbocycles. The quantitative estimate of drug-likeness (QED) is 0.593. The largest absolute Gasteiger partial charge is 0.497 e. The minimum atomic E-state index is -4.27. The van der Waals surface area contributed by atoms with Crippen LogP contribution in [0.3, 0.4) is 0 Å². The fourth-order valence-electron chi connectivity index (χ4n) is 4.59. The number of nitrogens with zero attached hydrogens (tertiary/aromatic N) is 1. The second-order valence-electron chi connectivity index (χ2n) is 8.53. The van der Waals surface area contributed by atoms with Gasteiger partial charge in [-0.15, -0.1) is 0 Å². The first-order chi connectivity index (χ1) is 15.2. The van der Waals surface area contributed by atoms with Crippen molar-refractivity contribution in [2.24, 2.45) is 5.92 Å². The molecule has 0 amide bonds. The second-order valence-corrected chi connectivity index (χ2v) is 10.7. The number of ether oxygens (including phenoxy) is 1. The molecule has 0 aromatic heterocycles. The maximum atomic E-state index is 13.9. The lowest BCUT2D eigenvalue weighted by Gasteiger charge is -2.42. The topological polar surface area (TPSA) is 95.9 Å². The van der Waals surface area contributed by atoms with Gasteiger partial charge in [-0.3, -0.25) is 5.32 Å². The van der Waals surface area contributed by atoms with E-state index in [0.717, 1.165) is 18.4 Å². The zero-order valence-electron chi connectivity index (χ0n) is 18.8. The van der Waals surface area contributed by atoms with E-state index in [1.807, 2.05) is 44.4 Å². The first-order valence-corrected chi connectivity index (χ1v) is 12.3. The number of benzene rings is 2. The first kappa shape index (κ1) is 24.2. The Hall–Kier alpha value is -2.42. The third kappa shape index (κ3) is 4.67. The smallest absolute Gasteiger partial charge is 0.340 e. The zero-order valence-corrected chi connectivity index (χ0v) is 19.6. The molecular weight excluding hydrogens is 428 g/mol. The van der Waals surface area contributed by atoms with Crippen LogP contribution in [0.2, 0.25) is 0 Å². The monoisotopic (exact) mass is 460 g/mol. The van der Waals surface area contributed by atoms with Crippen molar-refractivity contribution in [1.82, 2.24) is 10.2 Å². The van der Waals surface area contributed by atoms with Gasteiger partial charge in [-0.1, -0.05) is 30.3 Å². The van der Waals surface area contributed by atoms with Crippen molar-refractivity contribution in [2.45, 2.75) is 48.0 Å². The molecule has 0 unspecified atom stereocenters. The molecule has 174 valence electrons. The highest BCUT2D eigenvalue weighted by molar-refractivity contribution is 7.93. The van der Waals surface area contributed by atoms with Crippen LogP contribution in [0.5, 0.6) is 5.75 Å². The molecule has 7 nitrogen and oxygen atoms in total. The van der Waals surface area contributed by atoms with Crippen molar-refractivity contribution in [1.29, 1.82) is 0 Å². The Morgan fingerprint density at radius 1 is 1.06 bits per heavy atom. The van der Waals surface area contributed by atoms with Crippen molar-refractivity contribution >= 4 is 15.8 Å². The molecule has 2 N–H and O–H groups in total. The molecule has 3 rings (SSSR count). The third-order valence-corrected chi connectivity index (χ3v) is 8.90. The van der Waals surface area contributed by atoms with Gasteiger partial charge in [-0.25, -0.2) is 13.2 Å². The molecule has 2 aromatic rings. The summed E-state index contributed by atoms with van der Waals surface area (Å²) < 4.78 is 33.0. The summed E-state index contributed by atoms with van der Waals surface area (Å²) in [5, 5.41) is 13.4. The van der Waals surface area contributed by atoms with E-state index < -0.39 is 26.6 Å². The number of aliphatic carboxylic acids is 1.